The molecule has 1 aliphatic rings. The number of ether oxygens (including phenoxy) is 1. The summed E-state index contributed by atoms with van der Waals surface area (Å²) in [4.78, 5) is 15.2. The number of nitrogens with two attached hydrogens (primary N) is 1. The number of aryl methyl sites for hydroxylation is 1. The molecule has 2 aromatic rings. The molecule has 0 unspecified atom stereocenters. The van der Waals surface area contributed by atoms with Crippen molar-refractivity contribution in [3.8, 4) is 0 Å². The molecular weight excluding hydrogens is 308 g/mol. The van der Waals surface area contributed by atoms with Crippen molar-refractivity contribution in [2.24, 2.45) is 0 Å². The molecule has 3 heterocycles. The molecule has 0 aromatic carbocycles. The second-order valence-electron chi connectivity index (χ2n) is 5.94. The molecule has 0 radical (unpaired) electrons. The molecule has 0 saturated carbocycles. The van der Waals surface area contributed by atoms with Crippen molar-refractivity contribution in [2.75, 3.05) is 30.4 Å². The maximum Gasteiger partial charge on any atom is 0.226 e. The van der Waals surface area contributed by atoms with Crippen LogP contribution in [0.15, 0.2) is 10.6 Å². The summed E-state index contributed by atoms with van der Waals surface area (Å²) >= 11 is 0. The van der Waals surface area contributed by atoms with Crippen LogP contribution in [0.5, 0.6) is 0 Å². The van der Waals surface area contributed by atoms with Gasteiger partial charge < -0.3 is 19.9 Å². The molecule has 0 aliphatic carbocycles. The Kier molecular flexibility index (Phi) is 5.24. The van der Waals surface area contributed by atoms with Gasteiger partial charge in [-0.05, 0) is 19.8 Å². The molecule has 1 atom stereocenters. The summed E-state index contributed by atoms with van der Waals surface area (Å²) in [6, 6.07) is 1.99. The predicted molar refractivity (Wildman–Crippen MR) is 89.6 cm³/mol. The van der Waals surface area contributed by atoms with Gasteiger partial charge in [0.2, 0.25) is 11.8 Å². The Morgan fingerprint density at radius 2 is 2.17 bits per heavy atom. The van der Waals surface area contributed by atoms with Crippen molar-refractivity contribution >= 4 is 11.8 Å². The lowest BCUT2D eigenvalue weighted by Crippen LogP contribution is -2.25. The van der Waals surface area contributed by atoms with E-state index in [2.05, 4.69) is 38.9 Å². The SMILES string of the molecule is CCCc1nc(CN(CC)c2cc([C@H]3CCOC3)nc(N)n2)no1. The largest absolute Gasteiger partial charge is 0.381 e. The summed E-state index contributed by atoms with van der Waals surface area (Å²) in [6.07, 6.45) is 2.74. The van der Waals surface area contributed by atoms with Crippen LogP contribution in [0.2, 0.25) is 0 Å². The Balaban J connectivity index is 1.78. The predicted octanol–water partition coefficient (Wildman–Crippen LogP) is 1.92. The first-order valence-corrected chi connectivity index (χ1v) is 8.48. The normalized spacial score (nSPS) is 17.3. The Bertz CT molecular complexity index is 668. The van der Waals surface area contributed by atoms with Crippen LogP contribution in [0.1, 0.15) is 50.0 Å². The van der Waals surface area contributed by atoms with Crippen LogP contribution in [-0.4, -0.2) is 39.9 Å². The van der Waals surface area contributed by atoms with Gasteiger partial charge in [0.15, 0.2) is 5.82 Å². The molecule has 2 aromatic heterocycles. The second kappa shape index (κ2) is 7.57. The Hall–Kier alpha value is -2.22. The first-order valence-electron chi connectivity index (χ1n) is 8.48. The van der Waals surface area contributed by atoms with E-state index >= 15 is 0 Å². The Morgan fingerprint density at radius 3 is 2.88 bits per heavy atom. The highest BCUT2D eigenvalue weighted by Crippen LogP contribution is 2.27. The first kappa shape index (κ1) is 16.6. The molecule has 1 fully saturated rings. The van der Waals surface area contributed by atoms with Gasteiger partial charge in [0.1, 0.15) is 5.82 Å². The van der Waals surface area contributed by atoms with Gasteiger partial charge in [-0.1, -0.05) is 12.1 Å². The Morgan fingerprint density at radius 1 is 1.29 bits per heavy atom. The fourth-order valence-electron chi connectivity index (χ4n) is 2.81. The molecular formula is C16H24N6O2. The van der Waals surface area contributed by atoms with Gasteiger partial charge in [0, 0.05) is 31.6 Å². The minimum atomic E-state index is 0.285. The third-order valence-corrected chi connectivity index (χ3v) is 4.11. The summed E-state index contributed by atoms with van der Waals surface area (Å²) in [5.74, 6) is 2.69. The van der Waals surface area contributed by atoms with Crippen molar-refractivity contribution in [3.63, 3.8) is 0 Å². The summed E-state index contributed by atoms with van der Waals surface area (Å²) in [6.45, 7) is 6.89. The molecule has 8 heteroatoms. The quantitative estimate of drug-likeness (QED) is 0.820. The number of nitrogens with zero attached hydrogens (tertiary/aromatic N) is 5. The molecule has 2 N–H and O–H groups in total. The Labute approximate surface area is 141 Å². The molecule has 24 heavy (non-hydrogen) atoms. The number of nitrogen functional groups attached to an aromatic ring is 1. The van der Waals surface area contributed by atoms with Crippen LogP contribution < -0.4 is 10.6 Å². The van der Waals surface area contributed by atoms with E-state index in [1.807, 2.05) is 6.07 Å². The van der Waals surface area contributed by atoms with Gasteiger partial charge in [-0.2, -0.15) is 9.97 Å². The highest BCUT2D eigenvalue weighted by Gasteiger charge is 2.22. The van der Waals surface area contributed by atoms with Crippen LogP contribution in [0.25, 0.3) is 0 Å². The number of hydrogen-bond donors (Lipinski definition) is 1. The highest BCUT2D eigenvalue weighted by atomic mass is 16.5. The molecule has 1 aliphatic heterocycles. The topological polar surface area (TPSA) is 103 Å². The summed E-state index contributed by atoms with van der Waals surface area (Å²) in [5, 5.41) is 4.05. The van der Waals surface area contributed by atoms with Crippen LogP contribution in [-0.2, 0) is 17.7 Å². The summed E-state index contributed by atoms with van der Waals surface area (Å²) < 4.78 is 10.7. The molecule has 0 bridgehead atoms. The van der Waals surface area contributed by atoms with Crippen molar-refractivity contribution in [1.82, 2.24) is 20.1 Å². The van der Waals surface area contributed by atoms with Crippen molar-refractivity contribution in [1.29, 1.82) is 0 Å². The summed E-state index contributed by atoms with van der Waals surface area (Å²) in [5.41, 5.74) is 6.86. The number of rotatable bonds is 7. The van der Waals surface area contributed by atoms with Gasteiger partial charge in [-0.25, -0.2) is 4.98 Å². The minimum absolute atomic E-state index is 0.285. The fourth-order valence-corrected chi connectivity index (χ4v) is 2.81. The maximum atomic E-state index is 5.92. The standard InChI is InChI=1S/C16H24N6O2/c1-3-5-15-19-13(21-24-15)9-22(4-2)14-8-12(18-16(17)20-14)11-6-7-23-10-11/h8,11H,3-7,9-10H2,1-2H3,(H2,17,18,20)/t11-/m0/s1. The van der Waals surface area contributed by atoms with E-state index in [-0.39, 0.29) is 11.9 Å². The van der Waals surface area contributed by atoms with Gasteiger partial charge in [0.25, 0.3) is 0 Å². The van der Waals surface area contributed by atoms with Crippen LogP contribution >= 0.6 is 0 Å². The lowest BCUT2D eigenvalue weighted by atomic mass is 10.0. The van der Waals surface area contributed by atoms with Crippen LogP contribution in [0, 0.1) is 0 Å². The number of hydrogen-bond acceptors (Lipinski definition) is 8. The molecule has 3 rings (SSSR count). The monoisotopic (exact) mass is 332 g/mol. The second-order valence-corrected chi connectivity index (χ2v) is 5.94. The first-order chi connectivity index (χ1) is 11.7. The lowest BCUT2D eigenvalue weighted by molar-refractivity contribution is 0.193. The highest BCUT2D eigenvalue weighted by molar-refractivity contribution is 5.44. The van der Waals surface area contributed by atoms with Gasteiger partial charge >= 0.3 is 0 Å². The molecule has 8 nitrogen and oxygen atoms in total. The van der Waals surface area contributed by atoms with E-state index < -0.39 is 0 Å². The molecule has 0 spiro atoms. The average molecular weight is 332 g/mol. The van der Waals surface area contributed by atoms with Crippen molar-refractivity contribution < 1.29 is 9.26 Å². The van der Waals surface area contributed by atoms with Crippen molar-refractivity contribution in [2.45, 2.75) is 45.6 Å². The van der Waals surface area contributed by atoms with E-state index in [4.69, 9.17) is 15.0 Å². The molecule has 1 saturated heterocycles. The number of anilines is 2. The van der Waals surface area contributed by atoms with E-state index in [9.17, 15) is 0 Å². The van der Waals surface area contributed by atoms with E-state index in [1.165, 1.54) is 0 Å². The van der Waals surface area contributed by atoms with E-state index in [0.29, 0.717) is 24.9 Å². The zero-order chi connectivity index (χ0) is 16.9. The van der Waals surface area contributed by atoms with E-state index in [1.54, 1.807) is 0 Å². The zero-order valence-corrected chi connectivity index (χ0v) is 14.2. The zero-order valence-electron chi connectivity index (χ0n) is 14.2. The third kappa shape index (κ3) is 3.81. The minimum Gasteiger partial charge on any atom is -0.381 e. The number of aromatic nitrogens is 4. The lowest BCUT2D eigenvalue weighted by Gasteiger charge is -2.21. The molecule has 0 amide bonds. The molecule has 130 valence electrons. The van der Waals surface area contributed by atoms with Crippen LogP contribution in [0.4, 0.5) is 11.8 Å². The average Bonchev–Trinajstić information content (AvgIpc) is 3.24. The maximum absolute atomic E-state index is 5.92. The fraction of sp³-hybridized carbons (Fsp3) is 0.625. The van der Waals surface area contributed by atoms with Gasteiger partial charge in [-0.3, -0.25) is 0 Å². The smallest absolute Gasteiger partial charge is 0.226 e. The third-order valence-electron chi connectivity index (χ3n) is 4.11. The van der Waals surface area contributed by atoms with Crippen LogP contribution in [0.3, 0.4) is 0 Å². The van der Waals surface area contributed by atoms with E-state index in [0.717, 1.165) is 43.9 Å². The van der Waals surface area contributed by atoms with Crippen molar-refractivity contribution in [3.05, 3.63) is 23.5 Å². The summed E-state index contributed by atoms with van der Waals surface area (Å²) in [7, 11) is 0. The van der Waals surface area contributed by atoms with Gasteiger partial charge in [0.05, 0.1) is 18.8 Å². The van der Waals surface area contributed by atoms with Gasteiger partial charge in [-0.15, -0.1) is 0 Å².